The fourth-order valence-corrected chi connectivity index (χ4v) is 2.41. The van der Waals surface area contributed by atoms with Crippen molar-refractivity contribution in [2.75, 3.05) is 32.8 Å². The minimum absolute atomic E-state index is 0.164. The van der Waals surface area contributed by atoms with Crippen molar-refractivity contribution in [3.8, 4) is 0 Å². The zero-order valence-electron chi connectivity index (χ0n) is 9.17. The van der Waals surface area contributed by atoms with E-state index in [1.54, 1.807) is 0 Å². The predicted molar refractivity (Wildman–Crippen MR) is 57.2 cm³/mol. The van der Waals surface area contributed by atoms with Crippen LogP contribution >= 0.6 is 0 Å². The van der Waals surface area contributed by atoms with Gasteiger partial charge in [-0.25, -0.2) is 0 Å². The van der Waals surface area contributed by atoms with E-state index in [4.69, 9.17) is 10.5 Å². The summed E-state index contributed by atoms with van der Waals surface area (Å²) in [5.74, 6) is 0.943. The van der Waals surface area contributed by atoms with E-state index in [1.165, 1.54) is 19.4 Å². The Morgan fingerprint density at radius 1 is 1.50 bits per heavy atom. The highest BCUT2D eigenvalue weighted by Gasteiger charge is 2.40. The SMILES string of the molecule is CCN(CC1CC1)C1(CN)CCOC1. The molecule has 0 bridgehead atoms. The smallest absolute Gasteiger partial charge is 0.0663 e. The van der Waals surface area contributed by atoms with Crippen LogP contribution in [0.15, 0.2) is 0 Å². The quantitative estimate of drug-likeness (QED) is 0.711. The van der Waals surface area contributed by atoms with Gasteiger partial charge in [0.1, 0.15) is 0 Å². The van der Waals surface area contributed by atoms with Gasteiger partial charge in [0.05, 0.1) is 12.1 Å². The first-order valence-corrected chi connectivity index (χ1v) is 5.83. The Bertz CT molecular complexity index is 186. The third-order valence-electron chi connectivity index (χ3n) is 3.69. The van der Waals surface area contributed by atoms with Gasteiger partial charge in [-0.15, -0.1) is 0 Å². The molecule has 2 rings (SSSR count). The lowest BCUT2D eigenvalue weighted by Gasteiger charge is -2.38. The fourth-order valence-electron chi connectivity index (χ4n) is 2.41. The molecule has 82 valence electrons. The number of hydrogen-bond acceptors (Lipinski definition) is 3. The molecule has 1 saturated heterocycles. The Morgan fingerprint density at radius 3 is 2.71 bits per heavy atom. The molecule has 1 heterocycles. The van der Waals surface area contributed by atoms with Crippen LogP contribution in [0.4, 0.5) is 0 Å². The van der Waals surface area contributed by atoms with E-state index < -0.39 is 0 Å². The monoisotopic (exact) mass is 198 g/mol. The molecular weight excluding hydrogens is 176 g/mol. The molecule has 1 aliphatic heterocycles. The van der Waals surface area contributed by atoms with Gasteiger partial charge in [-0.2, -0.15) is 0 Å². The van der Waals surface area contributed by atoms with E-state index >= 15 is 0 Å². The summed E-state index contributed by atoms with van der Waals surface area (Å²) in [6.07, 6.45) is 3.94. The first kappa shape index (κ1) is 10.4. The number of nitrogens with zero attached hydrogens (tertiary/aromatic N) is 1. The molecule has 0 spiro atoms. The van der Waals surface area contributed by atoms with Crippen LogP contribution in [0.25, 0.3) is 0 Å². The maximum atomic E-state index is 5.92. The topological polar surface area (TPSA) is 38.5 Å². The zero-order valence-corrected chi connectivity index (χ0v) is 9.17. The van der Waals surface area contributed by atoms with Crippen molar-refractivity contribution in [3.63, 3.8) is 0 Å². The summed E-state index contributed by atoms with van der Waals surface area (Å²) >= 11 is 0. The van der Waals surface area contributed by atoms with Crippen molar-refractivity contribution in [3.05, 3.63) is 0 Å². The van der Waals surface area contributed by atoms with E-state index in [1.807, 2.05) is 0 Å². The number of rotatable bonds is 5. The van der Waals surface area contributed by atoms with Gasteiger partial charge >= 0.3 is 0 Å². The Kier molecular flexibility index (Phi) is 3.10. The molecule has 2 fully saturated rings. The second-order valence-electron chi connectivity index (χ2n) is 4.71. The van der Waals surface area contributed by atoms with Crippen molar-refractivity contribution in [2.24, 2.45) is 11.7 Å². The van der Waals surface area contributed by atoms with Crippen molar-refractivity contribution in [1.29, 1.82) is 0 Å². The second kappa shape index (κ2) is 4.17. The van der Waals surface area contributed by atoms with E-state index in [-0.39, 0.29) is 5.54 Å². The molecule has 0 amide bonds. The van der Waals surface area contributed by atoms with Crippen LogP contribution in [0.2, 0.25) is 0 Å². The van der Waals surface area contributed by atoms with Gasteiger partial charge in [-0.1, -0.05) is 6.92 Å². The lowest BCUT2D eigenvalue weighted by atomic mass is 9.96. The molecule has 0 aromatic heterocycles. The van der Waals surface area contributed by atoms with Gasteiger partial charge in [0, 0.05) is 19.7 Å². The highest BCUT2D eigenvalue weighted by atomic mass is 16.5. The largest absolute Gasteiger partial charge is 0.379 e. The van der Waals surface area contributed by atoms with Gasteiger partial charge in [-0.3, -0.25) is 4.90 Å². The number of nitrogens with two attached hydrogens (primary N) is 1. The number of ether oxygens (including phenoxy) is 1. The summed E-state index contributed by atoms with van der Waals surface area (Å²) in [7, 11) is 0. The van der Waals surface area contributed by atoms with Crippen molar-refractivity contribution < 1.29 is 4.74 Å². The lowest BCUT2D eigenvalue weighted by Crippen LogP contribution is -2.55. The Labute approximate surface area is 86.6 Å². The summed E-state index contributed by atoms with van der Waals surface area (Å²) in [6, 6.07) is 0. The third kappa shape index (κ3) is 1.95. The number of likely N-dealkylation sites (N-methyl/N-ethyl adjacent to an activating group) is 1. The standard InChI is InChI=1S/C11H22N2O/c1-2-13(7-10-3-4-10)11(8-12)5-6-14-9-11/h10H,2-9,12H2,1H3. The molecule has 3 nitrogen and oxygen atoms in total. The maximum Gasteiger partial charge on any atom is 0.0663 e. The van der Waals surface area contributed by atoms with Gasteiger partial charge in [-0.05, 0) is 31.7 Å². The minimum Gasteiger partial charge on any atom is -0.379 e. The van der Waals surface area contributed by atoms with Crippen LogP contribution in [-0.4, -0.2) is 43.3 Å². The first-order chi connectivity index (χ1) is 6.80. The lowest BCUT2D eigenvalue weighted by molar-refractivity contribution is 0.0722. The Morgan fingerprint density at radius 2 is 2.29 bits per heavy atom. The number of hydrogen-bond donors (Lipinski definition) is 1. The van der Waals surface area contributed by atoms with Crippen LogP contribution in [0.5, 0.6) is 0 Å². The molecule has 14 heavy (non-hydrogen) atoms. The molecule has 2 aliphatic rings. The van der Waals surface area contributed by atoms with Crippen molar-refractivity contribution >= 4 is 0 Å². The van der Waals surface area contributed by atoms with Gasteiger partial charge in [0.15, 0.2) is 0 Å². The van der Waals surface area contributed by atoms with Gasteiger partial charge < -0.3 is 10.5 Å². The summed E-state index contributed by atoms with van der Waals surface area (Å²) in [5, 5.41) is 0. The summed E-state index contributed by atoms with van der Waals surface area (Å²) < 4.78 is 5.51. The molecule has 1 aliphatic carbocycles. The van der Waals surface area contributed by atoms with E-state index in [2.05, 4.69) is 11.8 Å². The Hall–Kier alpha value is -0.120. The molecule has 1 saturated carbocycles. The predicted octanol–water partition coefficient (Wildman–Crippen LogP) is 0.836. The highest BCUT2D eigenvalue weighted by molar-refractivity contribution is 4.96. The molecular formula is C11H22N2O. The average Bonchev–Trinajstić information content (AvgIpc) is 2.91. The third-order valence-corrected chi connectivity index (χ3v) is 3.69. The molecule has 1 atom stereocenters. The van der Waals surface area contributed by atoms with Crippen molar-refractivity contribution in [1.82, 2.24) is 4.90 Å². The molecule has 0 radical (unpaired) electrons. The average molecular weight is 198 g/mol. The van der Waals surface area contributed by atoms with Crippen LogP contribution in [0.3, 0.4) is 0 Å². The van der Waals surface area contributed by atoms with Crippen molar-refractivity contribution in [2.45, 2.75) is 31.7 Å². The Balaban J connectivity index is 1.98. The normalized spacial score (nSPS) is 32.8. The van der Waals surface area contributed by atoms with Crippen LogP contribution in [-0.2, 0) is 4.74 Å². The van der Waals surface area contributed by atoms with E-state index in [9.17, 15) is 0 Å². The highest BCUT2D eigenvalue weighted by Crippen LogP contribution is 2.34. The van der Waals surface area contributed by atoms with Crippen LogP contribution in [0.1, 0.15) is 26.2 Å². The maximum absolute atomic E-state index is 5.92. The molecule has 3 heteroatoms. The van der Waals surface area contributed by atoms with Gasteiger partial charge in [0.2, 0.25) is 0 Å². The van der Waals surface area contributed by atoms with E-state index in [0.29, 0.717) is 0 Å². The van der Waals surface area contributed by atoms with E-state index in [0.717, 1.165) is 38.6 Å². The molecule has 0 aromatic rings. The zero-order chi connectivity index (χ0) is 10.0. The van der Waals surface area contributed by atoms with Gasteiger partial charge in [0.25, 0.3) is 0 Å². The molecule has 2 N–H and O–H groups in total. The first-order valence-electron chi connectivity index (χ1n) is 5.83. The van der Waals surface area contributed by atoms with Crippen LogP contribution in [0, 0.1) is 5.92 Å². The molecule has 1 unspecified atom stereocenters. The fraction of sp³-hybridized carbons (Fsp3) is 1.00. The summed E-state index contributed by atoms with van der Waals surface area (Å²) in [6.45, 7) is 7.04. The minimum atomic E-state index is 0.164. The summed E-state index contributed by atoms with van der Waals surface area (Å²) in [4.78, 5) is 2.55. The summed E-state index contributed by atoms with van der Waals surface area (Å²) in [5.41, 5.74) is 6.08. The van der Waals surface area contributed by atoms with Crippen LogP contribution < -0.4 is 5.73 Å². The second-order valence-corrected chi connectivity index (χ2v) is 4.71. The molecule has 0 aromatic carbocycles.